The molecule has 0 amide bonds. The van der Waals surface area contributed by atoms with Crippen LogP contribution in [0, 0.1) is 30.1 Å². The van der Waals surface area contributed by atoms with E-state index in [-0.39, 0.29) is 11.8 Å². The minimum Gasteiger partial charge on any atom is -0.299 e. The molecule has 54 valence electrons. The van der Waals surface area contributed by atoms with E-state index in [1.54, 1.807) is 0 Å². The van der Waals surface area contributed by atoms with Gasteiger partial charge in [0, 0.05) is 18.3 Å². The molecule has 3 atom stereocenters. The third-order valence-corrected chi connectivity index (χ3v) is 2.38. The van der Waals surface area contributed by atoms with E-state index >= 15 is 0 Å². The third kappa shape index (κ3) is 0.945. The van der Waals surface area contributed by atoms with Gasteiger partial charge in [0.1, 0.15) is 5.78 Å². The van der Waals surface area contributed by atoms with Crippen LogP contribution in [-0.4, -0.2) is 5.78 Å². The summed E-state index contributed by atoms with van der Waals surface area (Å²) in [6, 6.07) is 0. The van der Waals surface area contributed by atoms with Crippen molar-refractivity contribution in [1.82, 2.24) is 0 Å². The molecule has 1 nitrogen and oxygen atoms in total. The molecule has 0 aliphatic heterocycles. The van der Waals surface area contributed by atoms with Crippen LogP contribution in [0.1, 0.15) is 20.3 Å². The van der Waals surface area contributed by atoms with Gasteiger partial charge in [-0.05, 0) is 5.92 Å². The molecule has 1 rings (SSSR count). The van der Waals surface area contributed by atoms with Gasteiger partial charge in [0.15, 0.2) is 0 Å². The number of hydrogen-bond acceptors (Lipinski definition) is 1. The van der Waals surface area contributed by atoms with Crippen LogP contribution >= 0.6 is 0 Å². The van der Waals surface area contributed by atoms with E-state index in [1.807, 2.05) is 13.8 Å². The Kier molecular flexibility index (Phi) is 1.80. The van der Waals surface area contributed by atoms with Crippen molar-refractivity contribution in [1.29, 1.82) is 0 Å². The highest BCUT2D eigenvalue weighted by molar-refractivity contribution is 5.84. The average Bonchev–Trinajstić information content (AvgIpc) is 2.09. The second-order valence-electron chi connectivity index (χ2n) is 3.13. The lowest BCUT2D eigenvalue weighted by Crippen LogP contribution is -2.10. The molecule has 1 aliphatic rings. The molecule has 1 fully saturated rings. The molecule has 1 heteroatoms. The molecule has 3 unspecified atom stereocenters. The molecule has 0 aromatic carbocycles. The molecule has 0 spiro atoms. The molecule has 0 aromatic heterocycles. The van der Waals surface area contributed by atoms with Gasteiger partial charge in [0.25, 0.3) is 0 Å². The van der Waals surface area contributed by atoms with Gasteiger partial charge in [0.05, 0.1) is 0 Å². The van der Waals surface area contributed by atoms with E-state index < -0.39 is 0 Å². The van der Waals surface area contributed by atoms with Gasteiger partial charge < -0.3 is 0 Å². The van der Waals surface area contributed by atoms with E-state index in [0.29, 0.717) is 18.1 Å². The van der Waals surface area contributed by atoms with Gasteiger partial charge in [-0.1, -0.05) is 13.8 Å². The summed E-state index contributed by atoms with van der Waals surface area (Å²) in [6.07, 6.45) is 5.95. The number of hydrogen-bond donors (Lipinski definition) is 0. The molecule has 10 heavy (non-hydrogen) atoms. The lowest BCUT2D eigenvalue weighted by molar-refractivity contribution is -0.120. The zero-order valence-electron chi connectivity index (χ0n) is 6.42. The van der Waals surface area contributed by atoms with Crippen LogP contribution in [0.4, 0.5) is 0 Å². The van der Waals surface area contributed by atoms with E-state index in [9.17, 15) is 4.79 Å². The van der Waals surface area contributed by atoms with Crippen LogP contribution < -0.4 is 0 Å². The van der Waals surface area contributed by atoms with Crippen molar-refractivity contribution in [2.45, 2.75) is 20.3 Å². The Balaban J connectivity index is 2.76. The van der Waals surface area contributed by atoms with Crippen LogP contribution in [0.2, 0.25) is 0 Å². The Bertz CT molecular complexity index is 187. The Morgan fingerprint density at radius 1 is 1.60 bits per heavy atom. The molecule has 0 radical (unpaired) electrons. The molecule has 1 saturated carbocycles. The van der Waals surface area contributed by atoms with Crippen LogP contribution in [0.15, 0.2) is 0 Å². The van der Waals surface area contributed by atoms with Crippen LogP contribution in [0.25, 0.3) is 0 Å². The summed E-state index contributed by atoms with van der Waals surface area (Å²) in [6.45, 7) is 3.97. The van der Waals surface area contributed by atoms with E-state index in [2.05, 4.69) is 5.92 Å². The highest BCUT2D eigenvalue weighted by Crippen LogP contribution is 2.32. The molecule has 0 N–H and O–H groups in total. The molecule has 0 bridgehead atoms. The molecule has 0 heterocycles. The predicted octanol–water partition coefficient (Wildman–Crippen LogP) is 1.48. The maximum absolute atomic E-state index is 11.1. The normalized spacial score (nSPS) is 39.7. The van der Waals surface area contributed by atoms with Gasteiger partial charge in [-0.2, -0.15) is 0 Å². The highest BCUT2D eigenvalue weighted by atomic mass is 16.1. The third-order valence-electron chi connectivity index (χ3n) is 2.38. The first-order valence-corrected chi connectivity index (χ1v) is 3.65. The molecular weight excluding hydrogens is 124 g/mol. The average molecular weight is 136 g/mol. The Hall–Kier alpha value is -0.770. The van der Waals surface area contributed by atoms with E-state index in [0.717, 1.165) is 0 Å². The smallest absolute Gasteiger partial charge is 0.137 e. The van der Waals surface area contributed by atoms with Crippen LogP contribution in [0.3, 0.4) is 0 Å². The van der Waals surface area contributed by atoms with Gasteiger partial charge in [-0.15, -0.1) is 12.3 Å². The number of rotatable bonds is 0. The van der Waals surface area contributed by atoms with Crippen molar-refractivity contribution in [3.8, 4) is 12.3 Å². The van der Waals surface area contributed by atoms with Crippen LogP contribution in [-0.2, 0) is 4.79 Å². The largest absolute Gasteiger partial charge is 0.299 e. The molecular formula is C9H12O. The maximum Gasteiger partial charge on any atom is 0.137 e. The Labute approximate surface area is 61.8 Å². The Morgan fingerprint density at radius 3 is 2.40 bits per heavy atom. The van der Waals surface area contributed by atoms with Crippen molar-refractivity contribution >= 4 is 5.78 Å². The monoisotopic (exact) mass is 136 g/mol. The predicted molar refractivity (Wildman–Crippen MR) is 40.3 cm³/mol. The number of carbonyl (C=O) groups excluding carboxylic acids is 1. The number of Topliss-reactive ketones (excluding diaryl/α,β-unsaturated/α-hetero) is 1. The summed E-state index contributed by atoms with van der Waals surface area (Å²) >= 11 is 0. The number of ketones is 1. The van der Waals surface area contributed by atoms with Gasteiger partial charge >= 0.3 is 0 Å². The number of carbonyl (C=O) groups is 1. The summed E-state index contributed by atoms with van der Waals surface area (Å²) in [7, 11) is 0. The van der Waals surface area contributed by atoms with Crippen molar-refractivity contribution in [2.24, 2.45) is 17.8 Å². The van der Waals surface area contributed by atoms with Gasteiger partial charge in [-0.3, -0.25) is 4.79 Å². The minimum atomic E-state index is 0.0972. The molecule has 0 saturated heterocycles. The van der Waals surface area contributed by atoms with Gasteiger partial charge in [-0.25, -0.2) is 0 Å². The van der Waals surface area contributed by atoms with Crippen molar-refractivity contribution in [3.05, 3.63) is 0 Å². The first-order chi connectivity index (χ1) is 4.66. The fraction of sp³-hybridized carbons (Fsp3) is 0.667. The standard InChI is InChI=1S/C9H12O/c1-4-8-6(2)5-9(10)7(8)3/h1,6-8H,5H2,2-3H3. The first-order valence-electron chi connectivity index (χ1n) is 3.65. The summed E-state index contributed by atoms with van der Waals surface area (Å²) < 4.78 is 0. The van der Waals surface area contributed by atoms with Crippen molar-refractivity contribution in [3.63, 3.8) is 0 Å². The zero-order chi connectivity index (χ0) is 7.72. The Morgan fingerprint density at radius 2 is 2.20 bits per heavy atom. The van der Waals surface area contributed by atoms with Crippen molar-refractivity contribution < 1.29 is 4.79 Å². The topological polar surface area (TPSA) is 17.1 Å². The van der Waals surface area contributed by atoms with E-state index in [1.165, 1.54) is 0 Å². The maximum atomic E-state index is 11.1. The van der Waals surface area contributed by atoms with Crippen molar-refractivity contribution in [2.75, 3.05) is 0 Å². The fourth-order valence-corrected chi connectivity index (χ4v) is 1.63. The zero-order valence-corrected chi connectivity index (χ0v) is 6.42. The molecule has 1 aliphatic carbocycles. The SMILES string of the molecule is C#CC1C(C)CC(=O)C1C. The summed E-state index contributed by atoms with van der Waals surface area (Å²) in [5, 5.41) is 0. The fourth-order valence-electron chi connectivity index (χ4n) is 1.63. The van der Waals surface area contributed by atoms with E-state index in [4.69, 9.17) is 6.42 Å². The lowest BCUT2D eigenvalue weighted by Gasteiger charge is -2.09. The second kappa shape index (κ2) is 2.46. The minimum absolute atomic E-state index is 0.0972. The quantitative estimate of drug-likeness (QED) is 0.461. The lowest BCUT2D eigenvalue weighted by atomic mass is 9.93. The molecule has 0 aromatic rings. The first kappa shape index (κ1) is 7.34. The second-order valence-corrected chi connectivity index (χ2v) is 3.13. The summed E-state index contributed by atoms with van der Waals surface area (Å²) in [5.41, 5.74) is 0. The number of terminal acetylenes is 1. The summed E-state index contributed by atoms with van der Waals surface area (Å²) in [4.78, 5) is 11.1. The summed E-state index contributed by atoms with van der Waals surface area (Å²) in [5.74, 6) is 3.68. The highest BCUT2D eigenvalue weighted by Gasteiger charge is 2.35. The van der Waals surface area contributed by atoms with Gasteiger partial charge in [0.2, 0.25) is 0 Å². The van der Waals surface area contributed by atoms with Crippen LogP contribution in [0.5, 0.6) is 0 Å².